The maximum atomic E-state index is 6.02. The van der Waals surface area contributed by atoms with Gasteiger partial charge in [-0.15, -0.1) is 0 Å². The van der Waals surface area contributed by atoms with E-state index in [4.69, 9.17) is 10.5 Å². The molecule has 2 atom stereocenters. The fourth-order valence-electron chi connectivity index (χ4n) is 3.89. The molecule has 2 N–H and O–H groups in total. The van der Waals surface area contributed by atoms with Crippen LogP contribution >= 0.6 is 0 Å². The minimum absolute atomic E-state index is 0.500. The van der Waals surface area contributed by atoms with Gasteiger partial charge in [-0.25, -0.2) is 0 Å². The lowest BCUT2D eigenvalue weighted by molar-refractivity contribution is 0.0545. The third-order valence-corrected chi connectivity index (χ3v) is 4.72. The highest BCUT2D eigenvalue weighted by molar-refractivity contribution is 4.94. The van der Waals surface area contributed by atoms with E-state index in [1.54, 1.807) is 0 Å². The lowest BCUT2D eigenvalue weighted by Gasteiger charge is -2.27. The van der Waals surface area contributed by atoms with Gasteiger partial charge in [-0.2, -0.15) is 0 Å². The molecule has 2 unspecified atom stereocenters. The fraction of sp³-hybridized carbons (Fsp3) is 1.00. The number of rotatable bonds is 2. The third kappa shape index (κ3) is 2.27. The van der Waals surface area contributed by atoms with Gasteiger partial charge >= 0.3 is 0 Å². The Morgan fingerprint density at radius 2 is 1.69 bits per heavy atom. The molecule has 0 aromatic rings. The first kappa shape index (κ1) is 11.0. The van der Waals surface area contributed by atoms with E-state index in [1.807, 2.05) is 0 Å². The SMILES string of the molecule is NC1CC2CN(CC3CCOCC3)CC2C1. The average Bonchev–Trinajstić information content (AvgIpc) is 2.76. The van der Waals surface area contributed by atoms with Crippen molar-refractivity contribution >= 4 is 0 Å². The number of nitrogens with zero attached hydrogens (tertiary/aromatic N) is 1. The molecular formula is C13H24N2O. The molecule has 3 heteroatoms. The van der Waals surface area contributed by atoms with Crippen LogP contribution in [0.2, 0.25) is 0 Å². The van der Waals surface area contributed by atoms with Crippen molar-refractivity contribution in [3.8, 4) is 0 Å². The number of likely N-dealkylation sites (tertiary alicyclic amines) is 1. The van der Waals surface area contributed by atoms with Crippen LogP contribution in [0.1, 0.15) is 25.7 Å². The van der Waals surface area contributed by atoms with Gasteiger partial charge in [0.25, 0.3) is 0 Å². The van der Waals surface area contributed by atoms with Crippen LogP contribution in [0.15, 0.2) is 0 Å². The molecule has 2 aliphatic heterocycles. The summed E-state index contributed by atoms with van der Waals surface area (Å²) in [5, 5.41) is 0. The summed E-state index contributed by atoms with van der Waals surface area (Å²) in [6.45, 7) is 5.91. The van der Waals surface area contributed by atoms with Crippen LogP contribution in [-0.2, 0) is 4.74 Å². The van der Waals surface area contributed by atoms with Gasteiger partial charge < -0.3 is 15.4 Å². The molecule has 3 aliphatic rings. The Hall–Kier alpha value is -0.120. The second-order valence-corrected chi connectivity index (χ2v) is 6.03. The van der Waals surface area contributed by atoms with Gasteiger partial charge in [0, 0.05) is 38.9 Å². The summed E-state index contributed by atoms with van der Waals surface area (Å²) in [6.07, 6.45) is 5.08. The van der Waals surface area contributed by atoms with Crippen LogP contribution in [0.4, 0.5) is 0 Å². The summed E-state index contributed by atoms with van der Waals surface area (Å²) < 4.78 is 5.42. The number of ether oxygens (including phenoxy) is 1. The molecule has 0 radical (unpaired) electrons. The molecule has 16 heavy (non-hydrogen) atoms. The van der Waals surface area contributed by atoms with E-state index in [1.165, 1.54) is 45.3 Å². The van der Waals surface area contributed by atoms with Crippen LogP contribution in [-0.4, -0.2) is 43.8 Å². The first-order valence-corrected chi connectivity index (χ1v) is 6.87. The molecule has 1 aliphatic carbocycles. The normalized spacial score (nSPS) is 41.4. The van der Waals surface area contributed by atoms with E-state index < -0.39 is 0 Å². The summed E-state index contributed by atoms with van der Waals surface area (Å²) in [7, 11) is 0. The van der Waals surface area contributed by atoms with Crippen molar-refractivity contribution in [1.82, 2.24) is 4.90 Å². The summed E-state index contributed by atoms with van der Waals surface area (Å²) >= 11 is 0. The van der Waals surface area contributed by atoms with Crippen molar-refractivity contribution in [2.45, 2.75) is 31.7 Å². The zero-order valence-electron chi connectivity index (χ0n) is 10.1. The van der Waals surface area contributed by atoms with Crippen molar-refractivity contribution in [2.24, 2.45) is 23.5 Å². The van der Waals surface area contributed by atoms with Crippen LogP contribution in [0.5, 0.6) is 0 Å². The van der Waals surface area contributed by atoms with Gasteiger partial charge in [0.1, 0.15) is 0 Å². The fourth-order valence-corrected chi connectivity index (χ4v) is 3.89. The van der Waals surface area contributed by atoms with Gasteiger partial charge in [-0.1, -0.05) is 0 Å². The van der Waals surface area contributed by atoms with Gasteiger partial charge in [0.2, 0.25) is 0 Å². The Labute approximate surface area is 98.3 Å². The van der Waals surface area contributed by atoms with Crippen LogP contribution in [0, 0.1) is 17.8 Å². The Bertz CT molecular complexity index is 226. The Morgan fingerprint density at radius 3 is 2.31 bits per heavy atom. The summed E-state index contributed by atoms with van der Waals surface area (Å²) in [5.74, 6) is 2.71. The van der Waals surface area contributed by atoms with E-state index in [2.05, 4.69) is 4.90 Å². The Kier molecular flexibility index (Phi) is 3.18. The predicted molar refractivity (Wildman–Crippen MR) is 64.2 cm³/mol. The molecule has 3 rings (SSSR count). The van der Waals surface area contributed by atoms with Crippen LogP contribution < -0.4 is 5.73 Å². The Balaban J connectivity index is 1.47. The molecule has 1 saturated carbocycles. The standard InChI is InChI=1S/C13H24N2O/c14-13-5-11-8-15(9-12(11)6-13)7-10-1-3-16-4-2-10/h10-13H,1-9,14H2. The van der Waals surface area contributed by atoms with E-state index in [9.17, 15) is 0 Å². The van der Waals surface area contributed by atoms with Gasteiger partial charge in [0.15, 0.2) is 0 Å². The lowest BCUT2D eigenvalue weighted by Crippen LogP contribution is -2.32. The monoisotopic (exact) mass is 224 g/mol. The predicted octanol–water partition coefficient (Wildman–Crippen LogP) is 1.08. The van der Waals surface area contributed by atoms with Crippen molar-refractivity contribution in [3.63, 3.8) is 0 Å². The molecule has 2 saturated heterocycles. The summed E-state index contributed by atoms with van der Waals surface area (Å²) in [5.41, 5.74) is 6.02. The molecule has 2 heterocycles. The quantitative estimate of drug-likeness (QED) is 0.763. The highest BCUT2D eigenvalue weighted by Gasteiger charge is 2.39. The molecule has 3 nitrogen and oxygen atoms in total. The van der Waals surface area contributed by atoms with Crippen molar-refractivity contribution in [3.05, 3.63) is 0 Å². The maximum absolute atomic E-state index is 6.02. The van der Waals surface area contributed by atoms with Crippen molar-refractivity contribution in [2.75, 3.05) is 32.8 Å². The minimum Gasteiger partial charge on any atom is -0.381 e. The molecule has 0 spiro atoms. The lowest BCUT2D eigenvalue weighted by atomic mass is 10.00. The van der Waals surface area contributed by atoms with E-state index in [0.717, 1.165) is 31.0 Å². The number of nitrogens with two attached hydrogens (primary N) is 1. The minimum atomic E-state index is 0.500. The van der Waals surface area contributed by atoms with Crippen molar-refractivity contribution < 1.29 is 4.74 Å². The zero-order valence-corrected chi connectivity index (χ0v) is 10.1. The number of hydrogen-bond acceptors (Lipinski definition) is 3. The molecular weight excluding hydrogens is 200 g/mol. The topological polar surface area (TPSA) is 38.5 Å². The molecule has 0 bridgehead atoms. The first-order valence-electron chi connectivity index (χ1n) is 6.87. The van der Waals surface area contributed by atoms with Gasteiger partial charge in [-0.3, -0.25) is 0 Å². The molecule has 3 fully saturated rings. The Morgan fingerprint density at radius 1 is 1.06 bits per heavy atom. The molecule has 92 valence electrons. The van der Waals surface area contributed by atoms with Gasteiger partial charge in [-0.05, 0) is 43.4 Å². The second-order valence-electron chi connectivity index (χ2n) is 6.03. The van der Waals surface area contributed by atoms with Crippen molar-refractivity contribution in [1.29, 1.82) is 0 Å². The second kappa shape index (κ2) is 4.63. The van der Waals surface area contributed by atoms with Crippen LogP contribution in [0.25, 0.3) is 0 Å². The van der Waals surface area contributed by atoms with Gasteiger partial charge in [0.05, 0.1) is 0 Å². The van der Waals surface area contributed by atoms with E-state index >= 15 is 0 Å². The highest BCUT2D eigenvalue weighted by Crippen LogP contribution is 2.37. The van der Waals surface area contributed by atoms with E-state index in [0.29, 0.717) is 6.04 Å². The smallest absolute Gasteiger partial charge is 0.0469 e. The maximum Gasteiger partial charge on any atom is 0.0469 e. The summed E-state index contributed by atoms with van der Waals surface area (Å²) in [4.78, 5) is 2.69. The summed E-state index contributed by atoms with van der Waals surface area (Å²) in [6, 6.07) is 0.500. The molecule has 0 aromatic carbocycles. The average molecular weight is 224 g/mol. The molecule has 0 aromatic heterocycles. The highest BCUT2D eigenvalue weighted by atomic mass is 16.5. The zero-order chi connectivity index (χ0) is 11.0. The molecule has 0 amide bonds. The number of fused-ring (bicyclic) bond motifs is 1. The van der Waals surface area contributed by atoms with Crippen LogP contribution in [0.3, 0.4) is 0 Å². The number of hydrogen-bond donors (Lipinski definition) is 1. The third-order valence-electron chi connectivity index (χ3n) is 4.72. The first-order chi connectivity index (χ1) is 7.81. The van der Waals surface area contributed by atoms with E-state index in [-0.39, 0.29) is 0 Å². The largest absolute Gasteiger partial charge is 0.381 e.